The Kier molecular flexibility index (Phi) is 3.24. The van der Waals surface area contributed by atoms with E-state index in [9.17, 15) is 0 Å². The molecule has 16 heavy (non-hydrogen) atoms. The second kappa shape index (κ2) is 4.83. The number of nitrogens with zero attached hydrogens (tertiary/aromatic N) is 2. The number of anilines is 1. The highest BCUT2D eigenvalue weighted by Gasteiger charge is 2.08. The van der Waals surface area contributed by atoms with E-state index in [1.807, 2.05) is 18.3 Å². The van der Waals surface area contributed by atoms with Crippen molar-refractivity contribution in [1.29, 1.82) is 0 Å². The lowest BCUT2D eigenvalue weighted by Crippen LogP contribution is -2.01. The van der Waals surface area contributed by atoms with E-state index in [0.717, 1.165) is 17.9 Å². The Bertz CT molecular complexity index is 417. The van der Waals surface area contributed by atoms with Crippen molar-refractivity contribution < 1.29 is 0 Å². The van der Waals surface area contributed by atoms with Crippen molar-refractivity contribution in [2.24, 2.45) is 0 Å². The Balaban J connectivity index is 1.93. The molecule has 0 bridgehead atoms. The van der Waals surface area contributed by atoms with Gasteiger partial charge in [-0.3, -0.25) is 5.10 Å². The third-order valence-electron chi connectivity index (χ3n) is 2.68. The molecule has 0 aliphatic rings. The minimum Gasteiger partial charge on any atom is -0.364 e. The third kappa shape index (κ3) is 2.42. The second-order valence-electron chi connectivity index (χ2n) is 3.90. The summed E-state index contributed by atoms with van der Waals surface area (Å²) >= 11 is 0. The molecule has 0 spiro atoms. The maximum absolute atomic E-state index is 4.39. The van der Waals surface area contributed by atoms with Crippen LogP contribution < -0.4 is 5.32 Å². The number of hydrogen-bond acceptors (Lipinski definition) is 3. The van der Waals surface area contributed by atoms with Gasteiger partial charge in [-0.25, -0.2) is 0 Å². The summed E-state index contributed by atoms with van der Waals surface area (Å²) in [6.45, 7) is 4.99. The first kappa shape index (κ1) is 10.7. The van der Waals surface area contributed by atoms with Gasteiger partial charge in [0.15, 0.2) is 0 Å². The fourth-order valence-corrected chi connectivity index (χ4v) is 1.42. The van der Waals surface area contributed by atoms with Gasteiger partial charge in [-0.05, 0) is 18.6 Å². The molecule has 0 saturated carbocycles. The van der Waals surface area contributed by atoms with Crippen LogP contribution in [0.3, 0.4) is 0 Å². The van der Waals surface area contributed by atoms with Crippen molar-refractivity contribution in [2.45, 2.75) is 32.7 Å². The molecule has 5 heteroatoms. The summed E-state index contributed by atoms with van der Waals surface area (Å²) < 4.78 is 0. The summed E-state index contributed by atoms with van der Waals surface area (Å²) in [6.07, 6.45) is 2.96. The molecule has 86 valence electrons. The number of hydrogen-bond donors (Lipinski definition) is 3. The van der Waals surface area contributed by atoms with Gasteiger partial charge in [0, 0.05) is 17.8 Å². The Morgan fingerprint density at radius 1 is 1.50 bits per heavy atom. The summed E-state index contributed by atoms with van der Waals surface area (Å²) in [5.41, 5.74) is 1.12. The van der Waals surface area contributed by atoms with Crippen molar-refractivity contribution in [2.75, 3.05) is 5.32 Å². The van der Waals surface area contributed by atoms with Crippen LogP contribution in [0.25, 0.3) is 0 Å². The van der Waals surface area contributed by atoms with E-state index in [1.165, 1.54) is 0 Å². The predicted octanol–water partition coefficient (Wildman–Crippen LogP) is 2.26. The maximum Gasteiger partial charge on any atom is 0.242 e. The van der Waals surface area contributed by atoms with Gasteiger partial charge >= 0.3 is 0 Å². The van der Waals surface area contributed by atoms with Crippen LogP contribution >= 0.6 is 0 Å². The zero-order valence-corrected chi connectivity index (χ0v) is 9.62. The number of aromatic amines is 2. The van der Waals surface area contributed by atoms with Gasteiger partial charge in [0.05, 0.1) is 6.54 Å². The highest BCUT2D eigenvalue weighted by Crippen LogP contribution is 2.14. The maximum atomic E-state index is 4.39. The Labute approximate surface area is 94.7 Å². The van der Waals surface area contributed by atoms with Crippen molar-refractivity contribution in [3.05, 3.63) is 29.8 Å². The largest absolute Gasteiger partial charge is 0.364 e. The van der Waals surface area contributed by atoms with Gasteiger partial charge in [0.25, 0.3) is 0 Å². The average molecular weight is 219 g/mol. The zero-order chi connectivity index (χ0) is 11.4. The van der Waals surface area contributed by atoms with Gasteiger partial charge in [0.1, 0.15) is 5.82 Å². The lowest BCUT2D eigenvalue weighted by Gasteiger charge is -2.01. The molecule has 5 nitrogen and oxygen atoms in total. The lowest BCUT2D eigenvalue weighted by molar-refractivity contribution is 0.682. The SMILES string of the molecule is CCC(C)c1nc(NCc2ccc[nH]2)n[nH]1. The molecular formula is C11H17N5. The van der Waals surface area contributed by atoms with Crippen LogP contribution in [0.15, 0.2) is 18.3 Å². The molecule has 0 radical (unpaired) electrons. The topological polar surface area (TPSA) is 69.4 Å². The Morgan fingerprint density at radius 3 is 3.06 bits per heavy atom. The minimum atomic E-state index is 0.425. The lowest BCUT2D eigenvalue weighted by atomic mass is 10.1. The first-order valence-electron chi connectivity index (χ1n) is 5.58. The fourth-order valence-electron chi connectivity index (χ4n) is 1.42. The highest BCUT2D eigenvalue weighted by atomic mass is 15.3. The van der Waals surface area contributed by atoms with Gasteiger partial charge in [-0.1, -0.05) is 13.8 Å². The first-order valence-corrected chi connectivity index (χ1v) is 5.58. The summed E-state index contributed by atoms with van der Waals surface area (Å²) in [4.78, 5) is 7.51. The number of H-pyrrole nitrogens is 2. The summed E-state index contributed by atoms with van der Waals surface area (Å²) in [7, 11) is 0. The van der Waals surface area contributed by atoms with Crippen LogP contribution in [0.4, 0.5) is 5.95 Å². The van der Waals surface area contributed by atoms with E-state index in [0.29, 0.717) is 18.4 Å². The van der Waals surface area contributed by atoms with Gasteiger partial charge < -0.3 is 10.3 Å². The van der Waals surface area contributed by atoms with Crippen molar-refractivity contribution in [1.82, 2.24) is 20.2 Å². The minimum absolute atomic E-state index is 0.425. The number of nitrogens with one attached hydrogen (secondary N) is 3. The monoisotopic (exact) mass is 219 g/mol. The predicted molar refractivity (Wildman–Crippen MR) is 63.2 cm³/mol. The molecule has 2 heterocycles. The molecule has 2 aromatic heterocycles. The fraction of sp³-hybridized carbons (Fsp3) is 0.455. The molecule has 0 fully saturated rings. The van der Waals surface area contributed by atoms with Crippen molar-refractivity contribution >= 4 is 5.95 Å². The molecule has 0 aromatic carbocycles. The Morgan fingerprint density at radius 2 is 2.38 bits per heavy atom. The van der Waals surface area contributed by atoms with E-state index in [2.05, 4.69) is 39.3 Å². The quantitative estimate of drug-likeness (QED) is 0.722. The van der Waals surface area contributed by atoms with Gasteiger partial charge in [0.2, 0.25) is 5.95 Å². The highest BCUT2D eigenvalue weighted by molar-refractivity contribution is 5.25. The van der Waals surface area contributed by atoms with Crippen LogP contribution in [0.5, 0.6) is 0 Å². The summed E-state index contributed by atoms with van der Waals surface area (Å²) in [5, 5.41) is 10.2. The summed E-state index contributed by atoms with van der Waals surface area (Å²) in [5.74, 6) is 2.02. The third-order valence-corrected chi connectivity index (χ3v) is 2.68. The average Bonchev–Trinajstić information content (AvgIpc) is 2.96. The van der Waals surface area contributed by atoms with Crippen LogP contribution in [-0.4, -0.2) is 20.2 Å². The molecule has 1 unspecified atom stereocenters. The van der Waals surface area contributed by atoms with E-state index < -0.39 is 0 Å². The smallest absolute Gasteiger partial charge is 0.242 e. The number of aromatic nitrogens is 4. The molecule has 0 aliphatic heterocycles. The van der Waals surface area contributed by atoms with E-state index in [4.69, 9.17) is 0 Å². The molecule has 0 amide bonds. The molecule has 1 atom stereocenters. The normalized spacial score (nSPS) is 12.6. The molecule has 0 saturated heterocycles. The molecule has 2 aromatic rings. The molecular weight excluding hydrogens is 202 g/mol. The van der Waals surface area contributed by atoms with Gasteiger partial charge in [-0.2, -0.15) is 4.98 Å². The van der Waals surface area contributed by atoms with Crippen LogP contribution in [0.2, 0.25) is 0 Å². The first-order chi connectivity index (χ1) is 7.79. The van der Waals surface area contributed by atoms with Crippen LogP contribution in [0, 0.1) is 0 Å². The van der Waals surface area contributed by atoms with Crippen molar-refractivity contribution in [3.8, 4) is 0 Å². The van der Waals surface area contributed by atoms with E-state index in [1.54, 1.807) is 0 Å². The molecule has 3 N–H and O–H groups in total. The van der Waals surface area contributed by atoms with Crippen molar-refractivity contribution in [3.63, 3.8) is 0 Å². The van der Waals surface area contributed by atoms with Crippen LogP contribution in [-0.2, 0) is 6.54 Å². The zero-order valence-electron chi connectivity index (χ0n) is 9.62. The van der Waals surface area contributed by atoms with Crippen LogP contribution in [0.1, 0.15) is 37.7 Å². The van der Waals surface area contributed by atoms with E-state index in [-0.39, 0.29) is 0 Å². The van der Waals surface area contributed by atoms with Gasteiger partial charge in [-0.15, -0.1) is 5.10 Å². The standard InChI is InChI=1S/C11H17N5/c1-3-8(2)10-14-11(16-15-10)13-7-9-5-4-6-12-9/h4-6,8,12H,3,7H2,1-2H3,(H2,13,14,15,16). The molecule has 2 rings (SSSR count). The second-order valence-corrected chi connectivity index (χ2v) is 3.90. The number of rotatable bonds is 5. The summed E-state index contributed by atoms with van der Waals surface area (Å²) in [6, 6.07) is 3.99. The van der Waals surface area contributed by atoms with E-state index >= 15 is 0 Å². The Hall–Kier alpha value is -1.78. The molecule has 0 aliphatic carbocycles.